The summed E-state index contributed by atoms with van der Waals surface area (Å²) >= 11 is 0. The molecule has 0 spiro atoms. The number of nitrogens with zero attached hydrogens (tertiary/aromatic N) is 1. The van der Waals surface area contributed by atoms with Crippen molar-refractivity contribution >= 4 is 21.7 Å². The lowest BCUT2D eigenvalue weighted by molar-refractivity contribution is -0.141. The molecule has 1 unspecified atom stereocenters. The van der Waals surface area contributed by atoms with Crippen LogP contribution in [0.1, 0.15) is 16.8 Å². The maximum Gasteiger partial charge on any atom is 0.308 e. The standard InChI is InChI=1S/C13H15NO5S/c1-20(18,19)11-4-2-3-9(7-11)12(15)14-6-5-10(8-14)13(16)17/h2-4,7,10H,5-6,8H2,1H3,(H,16,17). The molecule has 108 valence electrons. The van der Waals surface area contributed by atoms with E-state index in [0.717, 1.165) is 6.26 Å². The number of carbonyl (C=O) groups excluding carboxylic acids is 1. The van der Waals surface area contributed by atoms with Gasteiger partial charge in [0.05, 0.1) is 10.8 Å². The van der Waals surface area contributed by atoms with Crippen molar-refractivity contribution in [2.24, 2.45) is 5.92 Å². The third-order valence-electron chi connectivity index (χ3n) is 3.33. The maximum absolute atomic E-state index is 12.2. The summed E-state index contributed by atoms with van der Waals surface area (Å²) in [6, 6.07) is 5.79. The molecule has 1 N–H and O–H groups in total. The lowest BCUT2D eigenvalue weighted by atomic mass is 10.1. The first-order valence-corrected chi connectivity index (χ1v) is 8.00. The molecule has 1 saturated heterocycles. The number of likely N-dealkylation sites (tertiary alicyclic amines) is 1. The van der Waals surface area contributed by atoms with E-state index >= 15 is 0 Å². The topological polar surface area (TPSA) is 91.8 Å². The van der Waals surface area contributed by atoms with Crippen LogP contribution in [0.5, 0.6) is 0 Å². The molecule has 0 radical (unpaired) electrons. The Balaban J connectivity index is 2.21. The summed E-state index contributed by atoms with van der Waals surface area (Å²) in [5.74, 6) is -1.79. The van der Waals surface area contributed by atoms with Gasteiger partial charge in [-0.05, 0) is 24.6 Å². The fraction of sp³-hybridized carbons (Fsp3) is 0.385. The molecular formula is C13H15NO5S. The van der Waals surface area contributed by atoms with Crippen molar-refractivity contribution in [2.45, 2.75) is 11.3 Å². The molecular weight excluding hydrogens is 282 g/mol. The van der Waals surface area contributed by atoms with Gasteiger partial charge in [-0.3, -0.25) is 9.59 Å². The number of hydrogen-bond donors (Lipinski definition) is 1. The number of aliphatic carboxylic acids is 1. The summed E-state index contributed by atoms with van der Waals surface area (Å²) in [6.45, 7) is 0.538. The van der Waals surface area contributed by atoms with Gasteiger partial charge in [0.15, 0.2) is 9.84 Å². The molecule has 6 nitrogen and oxygen atoms in total. The Morgan fingerprint density at radius 2 is 2.05 bits per heavy atom. The number of rotatable bonds is 3. The molecule has 0 aromatic heterocycles. The zero-order valence-corrected chi connectivity index (χ0v) is 11.8. The van der Waals surface area contributed by atoms with E-state index in [1.54, 1.807) is 0 Å². The Hall–Kier alpha value is -1.89. The Bertz CT molecular complexity index is 652. The average Bonchev–Trinajstić information content (AvgIpc) is 2.87. The van der Waals surface area contributed by atoms with Gasteiger partial charge in [0.25, 0.3) is 5.91 Å². The van der Waals surface area contributed by atoms with Crippen LogP contribution in [-0.4, -0.2) is 49.6 Å². The van der Waals surface area contributed by atoms with E-state index in [-0.39, 0.29) is 22.9 Å². The zero-order chi connectivity index (χ0) is 14.9. The Labute approximate surface area is 116 Å². The quantitative estimate of drug-likeness (QED) is 0.883. The smallest absolute Gasteiger partial charge is 0.308 e. The summed E-state index contributed by atoms with van der Waals surface area (Å²) in [5.41, 5.74) is 0.263. The van der Waals surface area contributed by atoms with E-state index < -0.39 is 21.7 Å². The van der Waals surface area contributed by atoms with Gasteiger partial charge in [0.2, 0.25) is 0 Å². The van der Waals surface area contributed by atoms with E-state index in [0.29, 0.717) is 13.0 Å². The third kappa shape index (κ3) is 2.98. The lowest BCUT2D eigenvalue weighted by Crippen LogP contribution is -2.30. The van der Waals surface area contributed by atoms with Crippen LogP contribution in [0.15, 0.2) is 29.2 Å². The Kier molecular flexibility index (Phi) is 3.80. The monoisotopic (exact) mass is 297 g/mol. The van der Waals surface area contributed by atoms with Crippen molar-refractivity contribution < 1.29 is 23.1 Å². The first kappa shape index (κ1) is 14.5. The highest BCUT2D eigenvalue weighted by atomic mass is 32.2. The van der Waals surface area contributed by atoms with Crippen LogP contribution in [0.2, 0.25) is 0 Å². The van der Waals surface area contributed by atoms with Crippen molar-refractivity contribution in [3.63, 3.8) is 0 Å². The van der Waals surface area contributed by atoms with Gasteiger partial charge in [-0.1, -0.05) is 6.07 Å². The molecule has 0 saturated carbocycles. The van der Waals surface area contributed by atoms with Gasteiger partial charge in [-0.25, -0.2) is 8.42 Å². The van der Waals surface area contributed by atoms with Gasteiger partial charge >= 0.3 is 5.97 Å². The second kappa shape index (κ2) is 5.24. The van der Waals surface area contributed by atoms with E-state index in [2.05, 4.69) is 0 Å². The molecule has 1 amide bonds. The molecule has 1 atom stereocenters. The van der Waals surface area contributed by atoms with Crippen molar-refractivity contribution in [1.82, 2.24) is 4.90 Å². The third-order valence-corrected chi connectivity index (χ3v) is 4.44. The van der Waals surface area contributed by atoms with E-state index in [1.807, 2.05) is 0 Å². The van der Waals surface area contributed by atoms with Crippen LogP contribution in [0.3, 0.4) is 0 Å². The Morgan fingerprint density at radius 1 is 1.35 bits per heavy atom. The molecule has 0 bridgehead atoms. The molecule has 1 aromatic carbocycles. The Morgan fingerprint density at radius 3 is 2.60 bits per heavy atom. The van der Waals surface area contributed by atoms with Crippen LogP contribution in [0, 0.1) is 5.92 Å². The molecule has 0 aliphatic carbocycles. The van der Waals surface area contributed by atoms with Gasteiger partial charge < -0.3 is 10.0 Å². The first-order valence-electron chi connectivity index (χ1n) is 6.11. The predicted octanol–water partition coefficient (Wildman–Crippen LogP) is 0.637. The average molecular weight is 297 g/mol. The summed E-state index contributed by atoms with van der Waals surface area (Å²) in [7, 11) is -3.37. The van der Waals surface area contributed by atoms with Gasteiger partial charge in [0.1, 0.15) is 0 Å². The highest BCUT2D eigenvalue weighted by Crippen LogP contribution is 2.20. The second-order valence-electron chi connectivity index (χ2n) is 4.88. The second-order valence-corrected chi connectivity index (χ2v) is 6.89. The molecule has 1 heterocycles. The van der Waals surface area contributed by atoms with Crippen LogP contribution in [0.25, 0.3) is 0 Å². The normalized spacial score (nSPS) is 19.1. The molecule has 1 fully saturated rings. The van der Waals surface area contributed by atoms with Crippen molar-refractivity contribution in [1.29, 1.82) is 0 Å². The number of carboxylic acids is 1. The molecule has 2 rings (SSSR count). The predicted molar refractivity (Wildman–Crippen MR) is 71.2 cm³/mol. The summed E-state index contributed by atoms with van der Waals surface area (Å²) in [4.78, 5) is 24.6. The number of carbonyl (C=O) groups is 2. The number of amides is 1. The first-order chi connectivity index (χ1) is 9.29. The van der Waals surface area contributed by atoms with Crippen LogP contribution in [-0.2, 0) is 14.6 Å². The molecule has 20 heavy (non-hydrogen) atoms. The molecule has 1 aliphatic rings. The number of hydrogen-bond acceptors (Lipinski definition) is 4. The number of benzene rings is 1. The minimum atomic E-state index is -3.37. The largest absolute Gasteiger partial charge is 0.481 e. The van der Waals surface area contributed by atoms with Gasteiger partial charge in [-0.2, -0.15) is 0 Å². The van der Waals surface area contributed by atoms with E-state index in [4.69, 9.17) is 5.11 Å². The van der Waals surface area contributed by atoms with Crippen LogP contribution < -0.4 is 0 Å². The van der Waals surface area contributed by atoms with Crippen LogP contribution in [0.4, 0.5) is 0 Å². The van der Waals surface area contributed by atoms with E-state index in [9.17, 15) is 18.0 Å². The van der Waals surface area contributed by atoms with Gasteiger partial charge in [0, 0.05) is 24.9 Å². The number of carboxylic acid groups (broad SMARTS) is 1. The summed E-state index contributed by atoms with van der Waals surface area (Å²) in [5, 5.41) is 8.92. The highest BCUT2D eigenvalue weighted by Gasteiger charge is 2.31. The fourth-order valence-corrected chi connectivity index (χ4v) is 2.86. The van der Waals surface area contributed by atoms with Gasteiger partial charge in [-0.15, -0.1) is 0 Å². The van der Waals surface area contributed by atoms with Crippen molar-refractivity contribution in [3.05, 3.63) is 29.8 Å². The van der Waals surface area contributed by atoms with Crippen LogP contribution >= 0.6 is 0 Å². The minimum absolute atomic E-state index is 0.0809. The molecule has 1 aromatic rings. The minimum Gasteiger partial charge on any atom is -0.481 e. The van der Waals surface area contributed by atoms with E-state index in [1.165, 1.54) is 29.2 Å². The van der Waals surface area contributed by atoms with Crippen molar-refractivity contribution in [3.8, 4) is 0 Å². The molecule has 1 aliphatic heterocycles. The molecule has 7 heteroatoms. The summed E-state index contributed by atoms with van der Waals surface area (Å²) < 4.78 is 22.9. The lowest BCUT2D eigenvalue weighted by Gasteiger charge is -2.16. The van der Waals surface area contributed by atoms with Crippen molar-refractivity contribution in [2.75, 3.05) is 19.3 Å². The SMILES string of the molecule is CS(=O)(=O)c1cccc(C(=O)N2CCC(C(=O)O)C2)c1. The maximum atomic E-state index is 12.2. The number of sulfone groups is 1. The zero-order valence-electron chi connectivity index (χ0n) is 10.9. The highest BCUT2D eigenvalue weighted by molar-refractivity contribution is 7.90. The summed E-state index contributed by atoms with van der Waals surface area (Å²) in [6.07, 6.45) is 1.50. The fourth-order valence-electron chi connectivity index (χ4n) is 2.19.